The molecule has 0 aliphatic carbocycles. The third-order valence-corrected chi connectivity index (χ3v) is 6.79. The molecule has 0 radical (unpaired) electrons. The molecule has 4 rings (SSSR count). The standard InChI is InChI=1S/C26H24F3N3O5S/c1-34-20-11-17(12-21(35-2)23(20)36-3)14-30-31-25-32(15-19-8-5-9-37-19)24(33)22(38-25)13-16-6-4-7-18(10-16)26(27,28)29/h4-12,14,22H,13,15H2,1-3H3/b30-14-,31-25-/t22-/m0/s1. The number of hydrogen-bond donors (Lipinski definition) is 0. The van der Waals surface area contributed by atoms with Crippen LogP contribution in [0.1, 0.15) is 22.5 Å². The molecular weight excluding hydrogens is 523 g/mol. The molecule has 1 atom stereocenters. The van der Waals surface area contributed by atoms with Crippen molar-refractivity contribution >= 4 is 29.1 Å². The Morgan fingerprint density at radius 2 is 1.79 bits per heavy atom. The van der Waals surface area contributed by atoms with Crippen molar-refractivity contribution in [3.8, 4) is 17.2 Å². The van der Waals surface area contributed by atoms with Gasteiger partial charge in [-0.25, -0.2) is 0 Å². The zero-order valence-corrected chi connectivity index (χ0v) is 21.5. The minimum absolute atomic E-state index is 0.0949. The summed E-state index contributed by atoms with van der Waals surface area (Å²) in [6.45, 7) is 0.108. The van der Waals surface area contributed by atoms with Crippen LogP contribution in [-0.4, -0.2) is 48.8 Å². The highest BCUT2D eigenvalue weighted by Gasteiger charge is 2.39. The quantitative estimate of drug-likeness (QED) is 0.263. The summed E-state index contributed by atoms with van der Waals surface area (Å²) in [5.41, 5.74) is 0.240. The Hall–Kier alpha value is -3.93. The number of benzene rings is 2. The molecule has 3 aromatic rings. The monoisotopic (exact) mass is 547 g/mol. The van der Waals surface area contributed by atoms with Gasteiger partial charge < -0.3 is 18.6 Å². The molecule has 38 heavy (non-hydrogen) atoms. The molecule has 0 saturated carbocycles. The fraction of sp³-hybridized carbons (Fsp3) is 0.269. The number of rotatable bonds is 9. The Bertz CT molecular complexity index is 1320. The highest BCUT2D eigenvalue weighted by atomic mass is 32.2. The predicted octanol–water partition coefficient (Wildman–Crippen LogP) is 5.40. The lowest BCUT2D eigenvalue weighted by molar-refractivity contribution is -0.137. The van der Waals surface area contributed by atoms with Gasteiger partial charge in [0.1, 0.15) is 5.76 Å². The number of amidine groups is 1. The average Bonchev–Trinajstić information content (AvgIpc) is 3.52. The van der Waals surface area contributed by atoms with Crippen molar-refractivity contribution in [2.75, 3.05) is 21.3 Å². The van der Waals surface area contributed by atoms with E-state index in [0.717, 1.165) is 23.9 Å². The van der Waals surface area contributed by atoms with Gasteiger partial charge in [-0.05, 0) is 42.3 Å². The Morgan fingerprint density at radius 1 is 1.05 bits per heavy atom. The zero-order chi connectivity index (χ0) is 27.3. The van der Waals surface area contributed by atoms with Crippen molar-refractivity contribution in [2.45, 2.75) is 24.4 Å². The van der Waals surface area contributed by atoms with E-state index < -0.39 is 17.0 Å². The third-order valence-electron chi connectivity index (χ3n) is 5.63. The van der Waals surface area contributed by atoms with E-state index in [0.29, 0.717) is 39.3 Å². The van der Waals surface area contributed by atoms with E-state index in [1.54, 1.807) is 30.3 Å². The van der Waals surface area contributed by atoms with E-state index in [9.17, 15) is 18.0 Å². The van der Waals surface area contributed by atoms with Crippen molar-refractivity contribution in [2.24, 2.45) is 10.2 Å². The van der Waals surface area contributed by atoms with Gasteiger partial charge in [-0.15, -0.1) is 5.10 Å². The van der Waals surface area contributed by atoms with Crippen LogP contribution in [-0.2, 0) is 23.9 Å². The molecule has 1 fully saturated rings. The van der Waals surface area contributed by atoms with E-state index in [-0.39, 0.29) is 18.9 Å². The largest absolute Gasteiger partial charge is 0.493 e. The van der Waals surface area contributed by atoms with E-state index in [1.165, 1.54) is 44.8 Å². The van der Waals surface area contributed by atoms with Crippen LogP contribution < -0.4 is 14.2 Å². The molecule has 1 aromatic heterocycles. The average molecular weight is 548 g/mol. The minimum atomic E-state index is -4.47. The molecule has 12 heteroatoms. The maximum atomic E-state index is 13.3. The summed E-state index contributed by atoms with van der Waals surface area (Å²) < 4.78 is 60.9. The second-order valence-corrected chi connectivity index (χ2v) is 9.27. The fourth-order valence-corrected chi connectivity index (χ4v) is 4.96. The predicted molar refractivity (Wildman–Crippen MR) is 137 cm³/mol. The van der Waals surface area contributed by atoms with Gasteiger partial charge in [0.25, 0.3) is 0 Å². The van der Waals surface area contributed by atoms with Crippen LogP contribution in [0.3, 0.4) is 0 Å². The van der Waals surface area contributed by atoms with Crippen molar-refractivity contribution in [3.05, 3.63) is 77.2 Å². The fourth-order valence-electron chi connectivity index (χ4n) is 3.83. The second-order valence-electron chi connectivity index (χ2n) is 8.10. The van der Waals surface area contributed by atoms with Crippen LogP contribution in [0.25, 0.3) is 0 Å². The first-order valence-electron chi connectivity index (χ1n) is 11.3. The van der Waals surface area contributed by atoms with Crippen molar-refractivity contribution < 1.29 is 36.6 Å². The number of amides is 1. The first-order chi connectivity index (χ1) is 18.2. The van der Waals surface area contributed by atoms with Crippen molar-refractivity contribution in [1.29, 1.82) is 0 Å². The minimum Gasteiger partial charge on any atom is -0.493 e. The molecular formula is C26H24F3N3O5S. The van der Waals surface area contributed by atoms with E-state index in [1.807, 2.05) is 0 Å². The van der Waals surface area contributed by atoms with Crippen molar-refractivity contribution in [3.63, 3.8) is 0 Å². The van der Waals surface area contributed by atoms with E-state index in [2.05, 4.69) is 10.2 Å². The maximum absolute atomic E-state index is 13.3. The number of ether oxygens (including phenoxy) is 3. The number of furan rings is 1. The van der Waals surface area contributed by atoms with Gasteiger partial charge in [0.15, 0.2) is 16.7 Å². The zero-order valence-electron chi connectivity index (χ0n) is 20.7. The lowest BCUT2D eigenvalue weighted by Crippen LogP contribution is -2.32. The lowest BCUT2D eigenvalue weighted by Gasteiger charge is -2.14. The normalized spacial score (nSPS) is 17.0. The number of alkyl halides is 3. The number of methoxy groups -OCH3 is 3. The van der Waals surface area contributed by atoms with Crippen LogP contribution in [0, 0.1) is 0 Å². The molecule has 1 aliphatic heterocycles. The van der Waals surface area contributed by atoms with Gasteiger partial charge in [-0.2, -0.15) is 18.3 Å². The number of nitrogens with zero attached hydrogens (tertiary/aromatic N) is 3. The summed E-state index contributed by atoms with van der Waals surface area (Å²) >= 11 is 1.13. The number of carbonyl (C=O) groups excluding carboxylic acids is 1. The van der Waals surface area contributed by atoms with Gasteiger partial charge in [0, 0.05) is 5.56 Å². The first-order valence-corrected chi connectivity index (χ1v) is 12.2. The Kier molecular flexibility index (Phi) is 8.30. The number of carbonyl (C=O) groups is 1. The van der Waals surface area contributed by atoms with Crippen LogP contribution >= 0.6 is 11.8 Å². The lowest BCUT2D eigenvalue weighted by atomic mass is 10.1. The Balaban J connectivity index is 1.60. The summed E-state index contributed by atoms with van der Waals surface area (Å²) in [6, 6.07) is 11.8. The number of thioether (sulfide) groups is 1. The number of halogens is 3. The summed E-state index contributed by atoms with van der Waals surface area (Å²) in [7, 11) is 4.49. The third kappa shape index (κ3) is 6.13. The van der Waals surface area contributed by atoms with Crippen LogP contribution in [0.4, 0.5) is 13.2 Å². The Labute approximate surface area is 221 Å². The second kappa shape index (κ2) is 11.6. The highest BCUT2D eigenvalue weighted by Crippen LogP contribution is 2.38. The molecule has 0 N–H and O–H groups in total. The Morgan fingerprint density at radius 3 is 2.39 bits per heavy atom. The molecule has 0 unspecified atom stereocenters. The summed E-state index contributed by atoms with van der Waals surface area (Å²) in [6.07, 6.45) is -1.42. The molecule has 0 spiro atoms. The molecule has 1 aliphatic rings. The SMILES string of the molecule is COc1cc(/C=N\N=C2/S[C@@H](Cc3cccc(C(F)(F)F)c3)C(=O)N2Cc2ccco2)cc(OC)c1OC. The van der Waals surface area contributed by atoms with Crippen LogP contribution in [0.2, 0.25) is 0 Å². The maximum Gasteiger partial charge on any atom is 0.416 e. The molecule has 1 amide bonds. The van der Waals surface area contributed by atoms with Crippen molar-refractivity contribution in [1.82, 2.24) is 4.90 Å². The van der Waals surface area contributed by atoms with Gasteiger partial charge in [-0.3, -0.25) is 9.69 Å². The summed E-state index contributed by atoms with van der Waals surface area (Å²) in [5.74, 6) is 1.53. The molecule has 0 bridgehead atoms. The molecule has 1 saturated heterocycles. The molecule has 2 heterocycles. The van der Waals surface area contributed by atoms with Crippen LogP contribution in [0.5, 0.6) is 17.2 Å². The van der Waals surface area contributed by atoms with Gasteiger partial charge >= 0.3 is 6.18 Å². The van der Waals surface area contributed by atoms with E-state index in [4.69, 9.17) is 18.6 Å². The number of hydrogen-bond acceptors (Lipinski definition) is 8. The summed E-state index contributed by atoms with van der Waals surface area (Å²) in [5, 5.41) is 8.02. The highest BCUT2D eigenvalue weighted by molar-refractivity contribution is 8.15. The summed E-state index contributed by atoms with van der Waals surface area (Å²) in [4.78, 5) is 14.7. The van der Waals surface area contributed by atoms with Gasteiger partial charge in [0.2, 0.25) is 11.7 Å². The topological polar surface area (TPSA) is 85.9 Å². The van der Waals surface area contributed by atoms with Gasteiger partial charge in [-0.1, -0.05) is 30.0 Å². The van der Waals surface area contributed by atoms with Gasteiger partial charge in [0.05, 0.1) is 51.2 Å². The van der Waals surface area contributed by atoms with E-state index >= 15 is 0 Å². The molecule has 2 aromatic carbocycles. The molecule has 8 nitrogen and oxygen atoms in total. The smallest absolute Gasteiger partial charge is 0.416 e. The van der Waals surface area contributed by atoms with Crippen LogP contribution in [0.15, 0.2) is 69.4 Å². The molecule has 200 valence electrons. The first kappa shape index (κ1) is 27.1.